The summed E-state index contributed by atoms with van der Waals surface area (Å²) in [5.74, 6) is 0.865. The van der Waals surface area contributed by atoms with Crippen LogP contribution in [0.4, 0.5) is 0 Å². The molecule has 0 atom stereocenters. The molecule has 0 spiro atoms. The van der Waals surface area contributed by atoms with Gasteiger partial charge in [0.05, 0.1) is 13.0 Å². The molecule has 104 valence electrons. The summed E-state index contributed by atoms with van der Waals surface area (Å²) in [4.78, 5) is 15.6. The lowest BCUT2D eigenvalue weighted by Crippen LogP contribution is -2.13. The second-order valence-electron chi connectivity index (χ2n) is 5.10. The van der Waals surface area contributed by atoms with Crippen molar-refractivity contribution in [3.63, 3.8) is 0 Å². The summed E-state index contributed by atoms with van der Waals surface area (Å²) >= 11 is 0. The Labute approximate surface area is 118 Å². The fraction of sp³-hybridized carbons (Fsp3) is 0.375. The first-order chi connectivity index (χ1) is 9.83. The van der Waals surface area contributed by atoms with Crippen molar-refractivity contribution < 1.29 is 9.53 Å². The van der Waals surface area contributed by atoms with Crippen LogP contribution in [-0.4, -0.2) is 22.1 Å². The molecule has 0 aliphatic heterocycles. The summed E-state index contributed by atoms with van der Waals surface area (Å²) in [6, 6.07) is 6.28. The maximum Gasteiger partial charge on any atom is 0.235 e. The van der Waals surface area contributed by atoms with Crippen LogP contribution in [-0.2, 0) is 12.8 Å². The lowest BCUT2D eigenvalue weighted by molar-refractivity contribution is 0.0881. The van der Waals surface area contributed by atoms with E-state index in [4.69, 9.17) is 4.74 Å². The van der Waals surface area contributed by atoms with Crippen molar-refractivity contribution in [1.29, 1.82) is 0 Å². The lowest BCUT2D eigenvalue weighted by Gasteiger charge is -2.16. The molecule has 1 aliphatic carbocycles. The first-order valence-electron chi connectivity index (χ1n) is 7.09. The normalized spacial score (nSPS) is 13.8. The number of hydrogen-bond acceptors (Lipinski definition) is 3. The van der Waals surface area contributed by atoms with Crippen LogP contribution in [0.1, 0.15) is 35.2 Å². The smallest absolute Gasteiger partial charge is 0.235 e. The van der Waals surface area contributed by atoms with Crippen molar-refractivity contribution in [3.05, 3.63) is 48.0 Å². The van der Waals surface area contributed by atoms with E-state index in [0.717, 1.165) is 12.2 Å². The number of carbonyl (C=O) groups excluding carboxylic acids is 1. The van der Waals surface area contributed by atoms with Gasteiger partial charge in [-0.3, -0.25) is 9.36 Å². The molecule has 0 fully saturated rings. The minimum atomic E-state index is 0.000426. The largest absolute Gasteiger partial charge is 0.493 e. The minimum Gasteiger partial charge on any atom is -0.493 e. The Morgan fingerprint density at radius 1 is 1.25 bits per heavy atom. The summed E-state index contributed by atoms with van der Waals surface area (Å²) < 4.78 is 7.17. The molecule has 0 radical (unpaired) electrons. The molecule has 1 aliphatic rings. The van der Waals surface area contributed by atoms with E-state index in [1.807, 2.05) is 6.07 Å². The van der Waals surface area contributed by atoms with Crippen LogP contribution in [0, 0.1) is 0 Å². The number of imidazole rings is 1. The number of benzene rings is 1. The van der Waals surface area contributed by atoms with Gasteiger partial charge in [0, 0.05) is 12.4 Å². The average molecular weight is 270 g/mol. The van der Waals surface area contributed by atoms with Crippen molar-refractivity contribution in [1.82, 2.24) is 9.55 Å². The van der Waals surface area contributed by atoms with Crippen LogP contribution in [0.5, 0.6) is 5.75 Å². The van der Waals surface area contributed by atoms with Gasteiger partial charge in [-0.15, -0.1) is 0 Å². The van der Waals surface area contributed by atoms with Gasteiger partial charge in [-0.2, -0.15) is 0 Å². The highest BCUT2D eigenvalue weighted by Gasteiger charge is 2.10. The first-order valence-corrected chi connectivity index (χ1v) is 7.09. The van der Waals surface area contributed by atoms with Gasteiger partial charge in [0.15, 0.2) is 0 Å². The number of rotatable bonds is 4. The molecule has 1 aromatic carbocycles. The van der Waals surface area contributed by atoms with Gasteiger partial charge in [-0.25, -0.2) is 4.98 Å². The van der Waals surface area contributed by atoms with E-state index >= 15 is 0 Å². The van der Waals surface area contributed by atoms with Crippen molar-refractivity contribution >= 4 is 5.91 Å². The molecule has 0 saturated heterocycles. The number of fused-ring (bicyclic) bond motifs is 1. The van der Waals surface area contributed by atoms with Gasteiger partial charge in [-0.05, 0) is 48.9 Å². The van der Waals surface area contributed by atoms with Crippen LogP contribution in [0.2, 0.25) is 0 Å². The fourth-order valence-electron chi connectivity index (χ4n) is 2.59. The number of aromatic nitrogens is 2. The molecule has 4 nitrogen and oxygen atoms in total. The van der Waals surface area contributed by atoms with E-state index in [9.17, 15) is 4.79 Å². The number of hydrogen-bond donors (Lipinski definition) is 0. The third-order valence-corrected chi connectivity index (χ3v) is 3.70. The zero-order valence-corrected chi connectivity index (χ0v) is 11.4. The molecule has 3 rings (SSSR count). The highest BCUT2D eigenvalue weighted by Crippen LogP contribution is 2.25. The minimum absolute atomic E-state index is 0.000426. The van der Waals surface area contributed by atoms with Crippen molar-refractivity contribution in [2.75, 3.05) is 6.61 Å². The van der Waals surface area contributed by atoms with Gasteiger partial charge < -0.3 is 4.74 Å². The molecule has 1 heterocycles. The second-order valence-corrected chi connectivity index (χ2v) is 5.10. The Hall–Kier alpha value is -2.10. The Morgan fingerprint density at radius 3 is 2.90 bits per heavy atom. The number of ether oxygens (including phenoxy) is 1. The molecule has 0 amide bonds. The van der Waals surface area contributed by atoms with E-state index in [2.05, 4.69) is 17.1 Å². The van der Waals surface area contributed by atoms with E-state index < -0.39 is 0 Å². The highest BCUT2D eigenvalue weighted by atomic mass is 16.5. The van der Waals surface area contributed by atoms with Crippen LogP contribution in [0.15, 0.2) is 36.9 Å². The Balaban J connectivity index is 1.55. The Bertz CT molecular complexity index is 591. The fourth-order valence-corrected chi connectivity index (χ4v) is 2.59. The molecule has 20 heavy (non-hydrogen) atoms. The first kappa shape index (κ1) is 12.9. The molecule has 4 heteroatoms. The van der Waals surface area contributed by atoms with Crippen LogP contribution >= 0.6 is 0 Å². The number of nitrogens with zero attached hydrogens (tertiary/aromatic N) is 2. The Morgan fingerprint density at radius 2 is 2.10 bits per heavy atom. The third-order valence-electron chi connectivity index (χ3n) is 3.70. The standard InChI is InChI=1S/C16H18N2O2/c19-16(18-9-8-17-12-18)7-10-20-15-6-5-13-3-1-2-4-14(13)11-15/h5-6,8-9,11-12H,1-4,7,10H2. The van der Waals surface area contributed by atoms with E-state index in [1.54, 1.807) is 12.4 Å². The summed E-state index contributed by atoms with van der Waals surface area (Å²) in [5, 5.41) is 0. The molecule has 0 unspecified atom stereocenters. The quantitative estimate of drug-likeness (QED) is 0.858. The van der Waals surface area contributed by atoms with Gasteiger partial charge in [0.25, 0.3) is 0 Å². The predicted octanol–water partition coefficient (Wildman–Crippen LogP) is 2.87. The van der Waals surface area contributed by atoms with E-state index in [0.29, 0.717) is 13.0 Å². The predicted molar refractivity (Wildman–Crippen MR) is 76.0 cm³/mol. The zero-order chi connectivity index (χ0) is 13.8. The van der Waals surface area contributed by atoms with Crippen molar-refractivity contribution in [3.8, 4) is 5.75 Å². The summed E-state index contributed by atoms with van der Waals surface area (Å²) in [5.41, 5.74) is 2.84. The topological polar surface area (TPSA) is 44.1 Å². The number of carbonyl (C=O) groups is 1. The van der Waals surface area contributed by atoms with E-state index in [-0.39, 0.29) is 5.91 Å². The van der Waals surface area contributed by atoms with Crippen molar-refractivity contribution in [2.24, 2.45) is 0 Å². The van der Waals surface area contributed by atoms with Gasteiger partial charge >= 0.3 is 0 Å². The number of aryl methyl sites for hydroxylation is 2. The zero-order valence-electron chi connectivity index (χ0n) is 11.4. The summed E-state index contributed by atoms with van der Waals surface area (Å²) in [7, 11) is 0. The average Bonchev–Trinajstić information content (AvgIpc) is 3.01. The highest BCUT2D eigenvalue weighted by molar-refractivity contribution is 5.78. The molecule has 0 bridgehead atoms. The molecule has 1 aromatic heterocycles. The van der Waals surface area contributed by atoms with Crippen LogP contribution < -0.4 is 4.74 Å². The molecule has 0 N–H and O–H groups in total. The molecule has 2 aromatic rings. The lowest BCUT2D eigenvalue weighted by atomic mass is 9.92. The van der Waals surface area contributed by atoms with E-state index in [1.165, 1.54) is 41.3 Å². The van der Waals surface area contributed by atoms with Crippen molar-refractivity contribution in [2.45, 2.75) is 32.1 Å². The molecular formula is C16H18N2O2. The van der Waals surface area contributed by atoms with Crippen LogP contribution in [0.25, 0.3) is 0 Å². The second kappa shape index (κ2) is 5.90. The molecular weight excluding hydrogens is 252 g/mol. The van der Waals surface area contributed by atoms with Crippen LogP contribution in [0.3, 0.4) is 0 Å². The summed E-state index contributed by atoms with van der Waals surface area (Å²) in [6.07, 6.45) is 9.98. The Kier molecular flexibility index (Phi) is 3.81. The van der Waals surface area contributed by atoms with Gasteiger partial charge in [0.2, 0.25) is 5.91 Å². The maximum absolute atomic E-state index is 11.8. The summed E-state index contributed by atoms with van der Waals surface area (Å²) in [6.45, 7) is 0.399. The monoisotopic (exact) mass is 270 g/mol. The maximum atomic E-state index is 11.8. The van der Waals surface area contributed by atoms with Gasteiger partial charge in [0.1, 0.15) is 12.1 Å². The molecule has 0 saturated carbocycles. The van der Waals surface area contributed by atoms with Gasteiger partial charge in [-0.1, -0.05) is 6.07 Å². The third kappa shape index (κ3) is 2.90. The SMILES string of the molecule is O=C(CCOc1ccc2c(c1)CCCC2)n1ccnc1.